The number of nitrogens with zero attached hydrogens (tertiary/aromatic N) is 4. The average molecular weight is 469 g/mol. The van der Waals surface area contributed by atoms with Crippen molar-refractivity contribution in [3.8, 4) is 0 Å². The molecule has 3 aromatic carbocycles. The molecule has 0 atom stereocenters. The van der Waals surface area contributed by atoms with Crippen molar-refractivity contribution in [3.63, 3.8) is 0 Å². The number of rotatable bonds is 5. The lowest BCUT2D eigenvalue weighted by atomic mass is 10.0. The fourth-order valence-electron chi connectivity index (χ4n) is 4.04. The van der Waals surface area contributed by atoms with Crippen LogP contribution in [0.2, 0.25) is 0 Å². The topological polar surface area (TPSA) is 68.1 Å². The number of anilines is 2. The van der Waals surface area contributed by atoms with E-state index < -0.39 is 0 Å². The van der Waals surface area contributed by atoms with Gasteiger partial charge >= 0.3 is 0 Å². The molecule has 0 aliphatic carbocycles. The normalized spacial score (nSPS) is 11.4. The van der Waals surface area contributed by atoms with Gasteiger partial charge in [-0.25, -0.2) is 9.67 Å². The average Bonchev–Trinajstić information content (AvgIpc) is 3.26. The van der Waals surface area contributed by atoms with Crippen LogP contribution in [-0.2, 0) is 11.3 Å². The van der Waals surface area contributed by atoms with Crippen LogP contribution in [0.3, 0.4) is 0 Å². The van der Waals surface area contributed by atoms with Crippen molar-refractivity contribution in [2.45, 2.75) is 33.2 Å². The molecule has 0 spiro atoms. The van der Waals surface area contributed by atoms with Gasteiger partial charge < -0.3 is 0 Å². The molecule has 0 aliphatic rings. The van der Waals surface area contributed by atoms with E-state index in [2.05, 4.69) is 18.9 Å². The minimum Gasteiger partial charge on any atom is -0.272 e. The van der Waals surface area contributed by atoms with Gasteiger partial charge in [-0.1, -0.05) is 67.6 Å². The van der Waals surface area contributed by atoms with E-state index in [0.717, 1.165) is 15.6 Å². The van der Waals surface area contributed by atoms with Gasteiger partial charge in [-0.3, -0.25) is 14.5 Å². The maximum absolute atomic E-state index is 13.7. The highest BCUT2D eigenvalue weighted by molar-refractivity contribution is 7.22. The molecule has 170 valence electrons. The predicted octanol–water partition coefficient (Wildman–Crippen LogP) is 5.80. The predicted molar refractivity (Wildman–Crippen MR) is 138 cm³/mol. The molecule has 0 N–H and O–H groups in total. The fourth-order valence-corrected chi connectivity index (χ4v) is 5.04. The van der Waals surface area contributed by atoms with Gasteiger partial charge in [0.2, 0.25) is 0 Å². The van der Waals surface area contributed by atoms with E-state index in [9.17, 15) is 9.59 Å². The number of aromatic nitrogens is 3. The first-order valence-electron chi connectivity index (χ1n) is 11.2. The van der Waals surface area contributed by atoms with E-state index >= 15 is 0 Å². The third-order valence-corrected chi connectivity index (χ3v) is 6.90. The molecule has 6 nitrogen and oxygen atoms in total. The smallest absolute Gasteiger partial charge is 0.272 e. The Bertz CT molecular complexity index is 1530. The highest BCUT2D eigenvalue weighted by Gasteiger charge is 2.23. The molecule has 0 bridgehead atoms. The van der Waals surface area contributed by atoms with Crippen molar-refractivity contribution in [2.75, 3.05) is 4.90 Å². The first-order valence-corrected chi connectivity index (χ1v) is 12.0. The van der Waals surface area contributed by atoms with Crippen LogP contribution in [0.15, 0.2) is 77.6 Å². The summed E-state index contributed by atoms with van der Waals surface area (Å²) in [5, 5.41) is 6.34. The van der Waals surface area contributed by atoms with Crippen molar-refractivity contribution >= 4 is 49.1 Å². The Hall–Kier alpha value is -3.84. The number of hydrogen-bond acceptors (Lipinski definition) is 5. The van der Waals surface area contributed by atoms with Gasteiger partial charge in [-0.2, -0.15) is 5.10 Å². The molecular formula is C27H24N4O2S. The van der Waals surface area contributed by atoms with Crippen LogP contribution in [-0.4, -0.2) is 20.7 Å². The minimum atomic E-state index is -0.283. The van der Waals surface area contributed by atoms with Gasteiger partial charge in [0.25, 0.3) is 11.5 Å². The number of carbonyl (C=O) groups is 1. The second-order valence-electron chi connectivity index (χ2n) is 8.53. The molecule has 0 aliphatic heterocycles. The Morgan fingerprint density at radius 2 is 1.65 bits per heavy atom. The summed E-state index contributed by atoms with van der Waals surface area (Å²) < 4.78 is 2.24. The van der Waals surface area contributed by atoms with Crippen LogP contribution in [0.4, 0.5) is 10.8 Å². The van der Waals surface area contributed by atoms with E-state index in [4.69, 9.17) is 4.98 Å². The maximum atomic E-state index is 13.7. The third-order valence-electron chi connectivity index (χ3n) is 5.88. The number of carbonyl (C=O) groups excluding carboxylic acids is 1. The lowest BCUT2D eigenvalue weighted by Crippen LogP contribution is -2.35. The molecule has 1 amide bonds. The van der Waals surface area contributed by atoms with E-state index in [-0.39, 0.29) is 18.0 Å². The minimum absolute atomic E-state index is 0.188. The highest BCUT2D eigenvalue weighted by Crippen LogP contribution is 2.34. The number of para-hydroxylation sites is 1. The van der Waals surface area contributed by atoms with Crippen molar-refractivity contribution in [2.24, 2.45) is 0 Å². The van der Waals surface area contributed by atoms with E-state index in [1.165, 1.54) is 21.6 Å². The van der Waals surface area contributed by atoms with E-state index in [1.54, 1.807) is 11.0 Å². The Morgan fingerprint density at radius 3 is 2.35 bits per heavy atom. The molecule has 2 heterocycles. The zero-order valence-electron chi connectivity index (χ0n) is 19.2. The SMILES string of the molecule is Cc1nn(CC(=O)N(c2ccc(C(C)C)cc2)c2nc3ccccc3s2)c(=O)c2ccccc12. The molecule has 0 unspecified atom stereocenters. The summed E-state index contributed by atoms with van der Waals surface area (Å²) in [6.45, 7) is 5.92. The Morgan fingerprint density at radius 1 is 0.971 bits per heavy atom. The van der Waals surface area contributed by atoms with Crippen LogP contribution in [0.5, 0.6) is 0 Å². The quantitative estimate of drug-likeness (QED) is 0.327. The lowest BCUT2D eigenvalue weighted by Gasteiger charge is -2.21. The third kappa shape index (κ3) is 3.99. The standard InChI is InChI=1S/C27H24N4O2S/c1-17(2)19-12-14-20(15-13-19)31(27-28-23-10-6-7-11-24(23)34-27)25(32)16-30-26(33)22-9-5-4-8-21(22)18(3)29-30/h4-15,17H,16H2,1-3H3. The Labute approximate surface area is 201 Å². The van der Waals surface area contributed by atoms with Gasteiger partial charge in [0, 0.05) is 5.39 Å². The number of fused-ring (bicyclic) bond motifs is 2. The first-order chi connectivity index (χ1) is 16.4. The molecule has 0 radical (unpaired) electrons. The van der Waals surface area contributed by atoms with Crippen LogP contribution in [0, 0.1) is 6.92 Å². The van der Waals surface area contributed by atoms with Crippen LogP contribution < -0.4 is 10.5 Å². The lowest BCUT2D eigenvalue weighted by molar-refractivity contribution is -0.118. The van der Waals surface area contributed by atoms with Crippen LogP contribution in [0.1, 0.15) is 31.0 Å². The molecule has 0 saturated heterocycles. The summed E-state index contributed by atoms with van der Waals surface area (Å²) in [4.78, 5) is 33.1. The first kappa shape index (κ1) is 22.0. The Balaban J connectivity index is 1.59. The van der Waals surface area contributed by atoms with E-state index in [1.807, 2.05) is 73.7 Å². The highest BCUT2D eigenvalue weighted by atomic mass is 32.1. The molecule has 0 saturated carbocycles. The second-order valence-corrected chi connectivity index (χ2v) is 9.54. The van der Waals surface area contributed by atoms with Crippen molar-refractivity contribution in [3.05, 3.63) is 94.4 Å². The van der Waals surface area contributed by atoms with Crippen LogP contribution >= 0.6 is 11.3 Å². The van der Waals surface area contributed by atoms with Gasteiger partial charge in [-0.15, -0.1) is 0 Å². The zero-order valence-corrected chi connectivity index (χ0v) is 20.0. The molecule has 5 rings (SSSR count). The van der Waals surface area contributed by atoms with Gasteiger partial charge in [0.05, 0.1) is 27.0 Å². The summed E-state index contributed by atoms with van der Waals surface area (Å²) in [7, 11) is 0. The fraction of sp³-hybridized carbons (Fsp3) is 0.185. The van der Waals surface area contributed by atoms with Crippen molar-refractivity contribution < 1.29 is 4.79 Å². The van der Waals surface area contributed by atoms with Crippen molar-refractivity contribution in [1.29, 1.82) is 0 Å². The maximum Gasteiger partial charge on any atom is 0.275 e. The van der Waals surface area contributed by atoms with E-state index in [0.29, 0.717) is 27.8 Å². The Kier molecular flexibility index (Phi) is 5.71. The zero-order chi connectivity index (χ0) is 23.8. The summed E-state index contributed by atoms with van der Waals surface area (Å²) in [5.41, 5.74) is 3.14. The summed E-state index contributed by atoms with van der Waals surface area (Å²) in [6, 6.07) is 23.0. The number of thiazole rings is 1. The van der Waals surface area contributed by atoms with Crippen LogP contribution in [0.25, 0.3) is 21.0 Å². The molecule has 0 fully saturated rings. The van der Waals surface area contributed by atoms with Gasteiger partial charge in [-0.05, 0) is 48.7 Å². The number of benzene rings is 3. The van der Waals surface area contributed by atoms with Gasteiger partial charge in [0.1, 0.15) is 6.54 Å². The molecule has 2 aromatic heterocycles. The largest absolute Gasteiger partial charge is 0.275 e. The van der Waals surface area contributed by atoms with Gasteiger partial charge in [0.15, 0.2) is 5.13 Å². The number of hydrogen-bond donors (Lipinski definition) is 0. The second kappa shape index (κ2) is 8.83. The summed E-state index contributed by atoms with van der Waals surface area (Å²) in [6.07, 6.45) is 0. The number of amides is 1. The summed E-state index contributed by atoms with van der Waals surface area (Å²) in [5.74, 6) is 0.102. The summed E-state index contributed by atoms with van der Waals surface area (Å²) >= 11 is 1.45. The molecular weight excluding hydrogens is 444 g/mol. The van der Waals surface area contributed by atoms with Crippen molar-refractivity contribution in [1.82, 2.24) is 14.8 Å². The molecule has 7 heteroatoms. The number of aryl methyl sites for hydroxylation is 1. The molecule has 34 heavy (non-hydrogen) atoms. The molecule has 5 aromatic rings. The monoisotopic (exact) mass is 468 g/mol.